The van der Waals surface area contributed by atoms with Crippen molar-refractivity contribution in [1.82, 2.24) is 0 Å². The van der Waals surface area contributed by atoms with Gasteiger partial charge in [-0.05, 0) is 31.9 Å². The largest absolute Gasteiger partial charge is 0.300 e. The van der Waals surface area contributed by atoms with Crippen molar-refractivity contribution >= 4 is 19.6 Å². The summed E-state index contributed by atoms with van der Waals surface area (Å²) in [6, 6.07) is 0. The van der Waals surface area contributed by atoms with Gasteiger partial charge in [0.15, 0.2) is 0 Å². The summed E-state index contributed by atoms with van der Waals surface area (Å²) < 4.78 is 0. The van der Waals surface area contributed by atoms with Gasteiger partial charge in [-0.2, -0.15) is 0 Å². The molecule has 0 radical (unpaired) electrons. The summed E-state index contributed by atoms with van der Waals surface area (Å²) in [7, 11) is -1.40. The average Bonchev–Trinajstić information content (AvgIpc) is 2.27. The highest BCUT2D eigenvalue weighted by Crippen LogP contribution is 2.34. The summed E-state index contributed by atoms with van der Waals surface area (Å²) in [4.78, 5) is 23.7. The molecule has 1 aliphatic carbocycles. The number of carbonyl (C=O) groups excluding carboxylic acids is 2. The van der Waals surface area contributed by atoms with Crippen LogP contribution in [0.1, 0.15) is 39.5 Å². The first-order valence-corrected chi connectivity index (χ1v) is 10.4. The van der Waals surface area contributed by atoms with Crippen molar-refractivity contribution < 1.29 is 9.59 Å². The smallest absolute Gasteiger partial charge is 0.142 e. The molecule has 3 heteroatoms. The molecule has 0 aromatic rings. The molecule has 0 atom stereocenters. The maximum atomic E-state index is 12.2. The predicted molar refractivity (Wildman–Crippen MR) is 81.5 cm³/mol. The van der Waals surface area contributed by atoms with Crippen LogP contribution in [0, 0.1) is 16.9 Å². The third-order valence-electron chi connectivity index (χ3n) is 3.50. The molecule has 0 N–H and O–H groups in total. The Morgan fingerprint density at radius 1 is 1.05 bits per heavy atom. The van der Waals surface area contributed by atoms with E-state index in [0.29, 0.717) is 25.7 Å². The molecule has 1 fully saturated rings. The molecule has 19 heavy (non-hydrogen) atoms. The van der Waals surface area contributed by atoms with Gasteiger partial charge in [0.25, 0.3) is 0 Å². The van der Waals surface area contributed by atoms with Gasteiger partial charge in [0.2, 0.25) is 0 Å². The van der Waals surface area contributed by atoms with Crippen LogP contribution in [0.15, 0.2) is 11.6 Å². The van der Waals surface area contributed by atoms with E-state index in [2.05, 4.69) is 31.1 Å². The summed E-state index contributed by atoms with van der Waals surface area (Å²) in [5.41, 5.74) is 3.82. The fourth-order valence-electron chi connectivity index (χ4n) is 2.05. The van der Waals surface area contributed by atoms with Crippen LogP contribution >= 0.6 is 0 Å². The average molecular weight is 276 g/mol. The van der Waals surface area contributed by atoms with Crippen molar-refractivity contribution in [2.45, 2.75) is 59.2 Å². The Morgan fingerprint density at radius 2 is 1.63 bits per heavy atom. The zero-order chi connectivity index (χ0) is 14.7. The molecule has 0 amide bonds. The van der Waals surface area contributed by atoms with Crippen LogP contribution in [0.5, 0.6) is 0 Å². The molecule has 1 rings (SSSR count). The van der Waals surface area contributed by atoms with E-state index in [0.717, 1.165) is 5.57 Å². The maximum Gasteiger partial charge on any atom is 0.142 e. The van der Waals surface area contributed by atoms with Crippen LogP contribution in [0.2, 0.25) is 19.6 Å². The Balaban J connectivity index is 3.04. The standard InChI is InChI=1S/C16H24O2Si/c1-16(2)13(7-6-12-19(3,4)5)8-9-14(17)10-11-15(16)18/h7H,8-11H2,1-5H3/b13-7+. The van der Waals surface area contributed by atoms with E-state index in [9.17, 15) is 9.59 Å². The minimum atomic E-state index is -1.40. The van der Waals surface area contributed by atoms with E-state index in [1.54, 1.807) is 0 Å². The highest BCUT2D eigenvalue weighted by molar-refractivity contribution is 6.83. The lowest BCUT2D eigenvalue weighted by molar-refractivity contribution is -0.129. The molecular formula is C16H24O2Si. The molecule has 0 aromatic carbocycles. The van der Waals surface area contributed by atoms with Gasteiger partial charge in [0.05, 0.1) is 0 Å². The van der Waals surface area contributed by atoms with Crippen LogP contribution in [-0.2, 0) is 9.59 Å². The van der Waals surface area contributed by atoms with Crippen LogP contribution < -0.4 is 0 Å². The van der Waals surface area contributed by atoms with Crippen molar-refractivity contribution in [3.8, 4) is 11.5 Å². The monoisotopic (exact) mass is 276 g/mol. The third-order valence-corrected chi connectivity index (χ3v) is 4.39. The number of allylic oxidation sites excluding steroid dienone is 2. The topological polar surface area (TPSA) is 34.1 Å². The minimum absolute atomic E-state index is 0.154. The van der Waals surface area contributed by atoms with Gasteiger partial charge in [-0.1, -0.05) is 25.6 Å². The predicted octanol–water partition coefficient (Wildman–Crippen LogP) is 3.53. The number of Topliss-reactive ketones (excluding diaryl/α,β-unsaturated/α-hetero) is 2. The second-order valence-electron chi connectivity index (χ2n) is 6.78. The van der Waals surface area contributed by atoms with Crippen molar-refractivity contribution in [2.24, 2.45) is 5.41 Å². The number of rotatable bonds is 0. The molecule has 2 nitrogen and oxygen atoms in total. The van der Waals surface area contributed by atoms with Gasteiger partial charge in [0.1, 0.15) is 19.6 Å². The molecule has 0 saturated heterocycles. The van der Waals surface area contributed by atoms with Gasteiger partial charge in [-0.3, -0.25) is 9.59 Å². The SMILES string of the molecule is CC1(C)C(=O)CCC(=O)CC/C1=C\C#C[Si](C)(C)C. The van der Waals surface area contributed by atoms with Gasteiger partial charge in [-0.15, -0.1) is 5.54 Å². The van der Waals surface area contributed by atoms with Crippen molar-refractivity contribution in [1.29, 1.82) is 0 Å². The Hall–Kier alpha value is -1.14. The Kier molecular flexibility index (Phi) is 4.92. The first-order chi connectivity index (χ1) is 8.63. The molecule has 0 bridgehead atoms. The summed E-state index contributed by atoms with van der Waals surface area (Å²) in [5, 5.41) is 0. The first-order valence-electron chi connectivity index (χ1n) is 6.90. The lowest BCUT2D eigenvalue weighted by atomic mass is 9.74. The highest BCUT2D eigenvalue weighted by Gasteiger charge is 2.33. The molecule has 1 aliphatic rings. The zero-order valence-electron chi connectivity index (χ0n) is 12.7. The third kappa shape index (κ3) is 4.79. The molecule has 0 heterocycles. The van der Waals surface area contributed by atoms with Crippen molar-refractivity contribution in [3.05, 3.63) is 11.6 Å². The maximum absolute atomic E-state index is 12.2. The van der Waals surface area contributed by atoms with Crippen molar-refractivity contribution in [2.75, 3.05) is 0 Å². The number of carbonyl (C=O) groups is 2. The lowest BCUT2D eigenvalue weighted by Crippen LogP contribution is -2.29. The van der Waals surface area contributed by atoms with E-state index in [1.807, 2.05) is 19.9 Å². The number of hydrogen-bond acceptors (Lipinski definition) is 2. The van der Waals surface area contributed by atoms with Crippen LogP contribution in [-0.4, -0.2) is 19.6 Å². The molecule has 0 spiro atoms. The van der Waals surface area contributed by atoms with E-state index < -0.39 is 13.5 Å². The molecule has 104 valence electrons. The quantitative estimate of drug-likeness (QED) is 0.501. The lowest BCUT2D eigenvalue weighted by Gasteiger charge is -2.28. The van der Waals surface area contributed by atoms with Crippen LogP contribution in [0.4, 0.5) is 0 Å². The van der Waals surface area contributed by atoms with Gasteiger partial charge in [0, 0.05) is 24.7 Å². The fraction of sp³-hybridized carbons (Fsp3) is 0.625. The highest BCUT2D eigenvalue weighted by atomic mass is 28.3. The van der Waals surface area contributed by atoms with Crippen LogP contribution in [0.3, 0.4) is 0 Å². The minimum Gasteiger partial charge on any atom is -0.300 e. The molecule has 0 unspecified atom stereocenters. The molecule has 0 aliphatic heterocycles. The Morgan fingerprint density at radius 3 is 2.21 bits per heavy atom. The summed E-state index contributed by atoms with van der Waals surface area (Å²) in [5.74, 6) is 3.46. The second-order valence-corrected chi connectivity index (χ2v) is 11.5. The van der Waals surface area contributed by atoms with Gasteiger partial charge < -0.3 is 0 Å². The second kappa shape index (κ2) is 5.88. The van der Waals surface area contributed by atoms with Crippen molar-refractivity contribution in [3.63, 3.8) is 0 Å². The van der Waals surface area contributed by atoms with E-state index in [-0.39, 0.29) is 11.6 Å². The summed E-state index contributed by atoms with van der Waals surface area (Å²) in [6.07, 6.45) is 3.85. The summed E-state index contributed by atoms with van der Waals surface area (Å²) >= 11 is 0. The number of ketones is 2. The van der Waals surface area contributed by atoms with Gasteiger partial charge in [-0.25, -0.2) is 0 Å². The molecule has 0 aromatic heterocycles. The fourth-order valence-corrected chi connectivity index (χ4v) is 2.55. The van der Waals surface area contributed by atoms with E-state index in [4.69, 9.17) is 0 Å². The van der Waals surface area contributed by atoms with E-state index in [1.165, 1.54) is 0 Å². The summed E-state index contributed by atoms with van der Waals surface area (Å²) in [6.45, 7) is 10.5. The molecule has 1 saturated carbocycles. The zero-order valence-corrected chi connectivity index (χ0v) is 13.7. The normalized spacial score (nSPS) is 22.5. The van der Waals surface area contributed by atoms with Gasteiger partial charge >= 0.3 is 0 Å². The Labute approximate surface area is 117 Å². The van der Waals surface area contributed by atoms with Crippen LogP contribution in [0.25, 0.3) is 0 Å². The number of hydrogen-bond donors (Lipinski definition) is 0. The Bertz CT molecular complexity index is 467. The first kappa shape index (κ1) is 15.9. The van der Waals surface area contributed by atoms with E-state index >= 15 is 0 Å². The molecular weight excluding hydrogens is 252 g/mol.